The highest BCUT2D eigenvalue weighted by molar-refractivity contribution is 6.87. The van der Waals surface area contributed by atoms with Crippen molar-refractivity contribution in [2.45, 2.75) is 31.6 Å². The Morgan fingerprint density at radius 1 is 0.467 bits per heavy atom. The molecule has 0 atom stereocenters. The highest BCUT2D eigenvalue weighted by atomic mass is 19.4. The van der Waals surface area contributed by atoms with E-state index < -0.39 is 97.4 Å². The topological polar surface area (TPSA) is 27.7 Å². The van der Waals surface area contributed by atoms with Gasteiger partial charge in [0.05, 0.1) is 22.3 Å². The first-order chi connectivity index (χ1) is 20.5. The van der Waals surface area contributed by atoms with Crippen LogP contribution in [0.3, 0.4) is 0 Å². The number of alkyl halides is 14. The van der Waals surface area contributed by atoms with Crippen LogP contribution in [0.25, 0.3) is 0 Å². The number of aryl methyl sites for hydroxylation is 1. The van der Waals surface area contributed by atoms with Crippen LogP contribution in [0.2, 0.25) is 0 Å². The van der Waals surface area contributed by atoms with Crippen molar-refractivity contribution in [3.8, 4) is 0 Å². The van der Waals surface area contributed by atoms with Gasteiger partial charge in [-0.25, -0.2) is 13.2 Å². The lowest BCUT2D eigenvalue weighted by atomic mass is 9.61. The van der Waals surface area contributed by atoms with Crippen LogP contribution < -0.4 is 16.4 Å². The van der Waals surface area contributed by atoms with Gasteiger partial charge in [0.1, 0.15) is 5.82 Å². The first kappa shape index (κ1) is 36.2. The molecule has 0 saturated carbocycles. The van der Waals surface area contributed by atoms with Gasteiger partial charge in [-0.1, -0.05) is 35.9 Å². The molecule has 1 aliphatic heterocycles. The van der Waals surface area contributed by atoms with Crippen LogP contribution in [0.4, 0.5) is 65.9 Å². The van der Waals surface area contributed by atoms with Crippen LogP contribution in [0.15, 0.2) is 54.6 Å². The summed E-state index contributed by atoms with van der Waals surface area (Å²) in [5, 5.41) is 0. The van der Waals surface area contributed by atoms with E-state index in [1.807, 2.05) is 0 Å². The summed E-state index contributed by atoms with van der Waals surface area (Å²) in [6.07, 6.45) is -20.7. The smallest absolute Gasteiger partial charge is 0.445 e. The van der Waals surface area contributed by atoms with Gasteiger partial charge in [-0.15, -0.1) is 0 Å². The van der Waals surface area contributed by atoms with E-state index in [0.29, 0.717) is 24.3 Å². The van der Waals surface area contributed by atoms with Gasteiger partial charge in [-0.05, 0) is 47.6 Å². The summed E-state index contributed by atoms with van der Waals surface area (Å²) < 4.78 is 210. The molecule has 242 valence electrons. The molecule has 0 unspecified atom stereocenters. The largest absolute Gasteiger partial charge is 0.467 e. The Hall–Kier alpha value is -3.32. The Bertz CT molecular complexity index is 1390. The van der Waals surface area contributed by atoms with Crippen LogP contribution in [-0.4, -0.2) is 28.3 Å². The van der Waals surface area contributed by atoms with Crippen LogP contribution in [0.1, 0.15) is 27.8 Å². The lowest BCUT2D eigenvalue weighted by Gasteiger charge is -2.32. The van der Waals surface area contributed by atoms with Crippen molar-refractivity contribution in [3.63, 3.8) is 0 Å². The average molecular weight is 668 g/mol. The van der Waals surface area contributed by atoms with E-state index in [2.05, 4.69) is 0 Å². The Labute approximate surface area is 244 Å². The Morgan fingerprint density at radius 2 is 0.756 bits per heavy atom. The monoisotopic (exact) mass is 668 g/mol. The second kappa shape index (κ2) is 13.2. The summed E-state index contributed by atoms with van der Waals surface area (Å²) in [6, 6.07) is 3.36. The van der Waals surface area contributed by atoms with Crippen molar-refractivity contribution in [2.24, 2.45) is 0 Å². The number of rotatable bonds is 3. The predicted molar refractivity (Wildman–Crippen MR) is 131 cm³/mol. The van der Waals surface area contributed by atoms with E-state index >= 15 is 0 Å². The first-order valence-corrected chi connectivity index (χ1v) is 12.0. The second-order valence-electron chi connectivity index (χ2n) is 9.25. The van der Waals surface area contributed by atoms with E-state index in [-0.39, 0.29) is 29.8 Å². The molecule has 3 nitrogen and oxygen atoms in total. The summed E-state index contributed by atoms with van der Waals surface area (Å²) in [5.41, 5.74) is -8.60. The summed E-state index contributed by atoms with van der Waals surface area (Å²) in [7, 11) is -6.48. The third kappa shape index (κ3) is 9.35. The van der Waals surface area contributed by atoms with Crippen LogP contribution in [-0.2, 0) is 38.4 Å². The van der Waals surface area contributed by atoms with Gasteiger partial charge >= 0.3 is 46.1 Å². The Morgan fingerprint density at radius 3 is 1.11 bits per heavy atom. The van der Waals surface area contributed by atoms with E-state index in [1.54, 1.807) is 0 Å². The lowest BCUT2D eigenvalue weighted by molar-refractivity contribution is -0.143. The molecular weight excluding hydrogens is 654 g/mol. The molecule has 3 aromatic rings. The van der Waals surface area contributed by atoms with Gasteiger partial charge in [-0.3, -0.25) is 0 Å². The van der Waals surface area contributed by atoms with Gasteiger partial charge < -0.3 is 13.7 Å². The quantitative estimate of drug-likeness (QED) is 0.232. The van der Waals surface area contributed by atoms with Gasteiger partial charge in [-0.2, -0.15) is 52.7 Å². The molecule has 0 spiro atoms. The van der Waals surface area contributed by atoms with Gasteiger partial charge in [0, 0.05) is 0 Å². The van der Waals surface area contributed by atoms with Crippen molar-refractivity contribution >= 4 is 37.7 Å². The molecule has 3 aromatic carbocycles. The van der Waals surface area contributed by atoms with Crippen molar-refractivity contribution in [2.75, 3.05) is 6.93 Å². The molecule has 0 bridgehead atoms. The molecule has 1 saturated heterocycles. The first-order valence-electron chi connectivity index (χ1n) is 12.0. The fraction of sp³-hybridized carbons (Fsp3) is 0.250. The number of halogens is 15. The van der Waals surface area contributed by atoms with E-state index in [4.69, 9.17) is 13.7 Å². The van der Waals surface area contributed by atoms with E-state index in [1.165, 1.54) is 6.92 Å². The molecule has 4 rings (SSSR count). The van der Waals surface area contributed by atoms with Crippen molar-refractivity contribution in [1.82, 2.24) is 0 Å². The van der Waals surface area contributed by atoms with Crippen LogP contribution in [0.5, 0.6) is 0 Å². The highest BCUT2D eigenvalue weighted by Gasteiger charge is 2.47. The second-order valence-corrected chi connectivity index (χ2v) is 9.25. The Kier molecular flexibility index (Phi) is 10.6. The zero-order valence-corrected chi connectivity index (χ0v) is 22.0. The Balaban J connectivity index is 0.00000177. The van der Waals surface area contributed by atoms with Gasteiger partial charge in [0.15, 0.2) is 0 Å². The fourth-order valence-corrected chi connectivity index (χ4v) is 4.04. The number of hydrogen-bond donors (Lipinski definition) is 0. The molecular formula is C24H14B3F15O3. The van der Waals surface area contributed by atoms with E-state index in [0.717, 1.165) is 6.07 Å². The third-order valence-corrected chi connectivity index (χ3v) is 5.84. The maximum Gasteiger partial charge on any atom is 0.467 e. The SMILES string of the molecule is Cc1cc(B2OB(c3cc(F)cc(C(F)(F)F)c3)OB(c3cc(C(F)(F)F)cc(C(F)(F)F)c3)O2)cc(C(F)(F)F)c1.FCF. The maximum atomic E-state index is 14.1. The van der Waals surface area contributed by atoms with Crippen molar-refractivity contribution in [1.29, 1.82) is 0 Å². The summed E-state index contributed by atoms with van der Waals surface area (Å²) in [5.74, 6) is -1.47. The van der Waals surface area contributed by atoms with Gasteiger partial charge in [0.25, 0.3) is 0 Å². The van der Waals surface area contributed by atoms with Crippen LogP contribution >= 0.6 is 0 Å². The highest BCUT2D eigenvalue weighted by Crippen LogP contribution is 2.35. The summed E-state index contributed by atoms with van der Waals surface area (Å²) >= 11 is 0. The van der Waals surface area contributed by atoms with Gasteiger partial charge in [0.2, 0.25) is 6.93 Å². The van der Waals surface area contributed by atoms with Crippen molar-refractivity contribution < 1.29 is 79.6 Å². The molecule has 1 fully saturated rings. The minimum Gasteiger partial charge on any atom is -0.445 e. The average Bonchev–Trinajstić information content (AvgIpc) is 2.90. The summed E-state index contributed by atoms with van der Waals surface area (Å²) in [4.78, 5) is 0. The summed E-state index contributed by atoms with van der Waals surface area (Å²) in [6.45, 7) is -0.530. The normalized spacial score (nSPS) is 14.8. The maximum absolute atomic E-state index is 14.1. The zero-order chi connectivity index (χ0) is 34.1. The molecule has 21 heteroatoms. The van der Waals surface area contributed by atoms with Crippen LogP contribution in [0, 0.1) is 12.7 Å². The molecule has 1 heterocycles. The third-order valence-electron chi connectivity index (χ3n) is 5.84. The van der Waals surface area contributed by atoms with Crippen molar-refractivity contribution in [3.05, 3.63) is 88.2 Å². The molecule has 0 aliphatic carbocycles. The minimum absolute atomic E-state index is 0.0323. The molecule has 0 amide bonds. The molecule has 45 heavy (non-hydrogen) atoms. The fourth-order valence-electron chi connectivity index (χ4n) is 4.04. The molecule has 1 aliphatic rings. The zero-order valence-electron chi connectivity index (χ0n) is 22.0. The molecule has 0 radical (unpaired) electrons. The predicted octanol–water partition coefficient (Wildman–Crippen LogP) is 6.64. The lowest BCUT2D eigenvalue weighted by Crippen LogP contribution is -2.61. The molecule has 0 aromatic heterocycles. The standard InChI is InChI=1S/C23H12B3F13O3.CH2F2/c1-11-2-12(20(28,29)30)5-16(3-11)24-40-25(17-6-13(21(31,32)33)4-14(7-17)22(34,35)36)42-26(41-24)18-8-15(23(37,38)39)9-19(27)10-18;2-1-3/h2-10H,1H3;1H2. The molecule has 0 N–H and O–H groups in total. The van der Waals surface area contributed by atoms with E-state index in [9.17, 15) is 65.9 Å². The number of hydrogen-bond acceptors (Lipinski definition) is 3. The number of benzene rings is 3. The minimum atomic E-state index is -5.32.